The van der Waals surface area contributed by atoms with Gasteiger partial charge in [-0.2, -0.15) is 0 Å². The SMILES string of the molecule is CCOC(=O)C(=C=C(C)C(O)c1ccc(Cl)cc1)Cc1ccccc1. The van der Waals surface area contributed by atoms with Gasteiger partial charge in [0.15, 0.2) is 0 Å². The first-order valence-corrected chi connectivity index (χ1v) is 8.50. The maximum absolute atomic E-state index is 12.3. The molecule has 0 aliphatic carbocycles. The van der Waals surface area contributed by atoms with Crippen molar-refractivity contribution in [2.75, 3.05) is 6.61 Å². The quantitative estimate of drug-likeness (QED) is 0.465. The van der Waals surface area contributed by atoms with Crippen LogP contribution in [0.15, 0.2) is 71.5 Å². The second-order valence-electron chi connectivity index (χ2n) is 5.62. The van der Waals surface area contributed by atoms with Crippen molar-refractivity contribution in [3.8, 4) is 0 Å². The van der Waals surface area contributed by atoms with Gasteiger partial charge >= 0.3 is 5.97 Å². The average Bonchev–Trinajstić information content (AvgIpc) is 2.62. The molecule has 0 amide bonds. The minimum absolute atomic E-state index is 0.289. The number of halogens is 1. The topological polar surface area (TPSA) is 46.5 Å². The molecule has 1 unspecified atom stereocenters. The monoisotopic (exact) mass is 356 g/mol. The predicted molar refractivity (Wildman–Crippen MR) is 99.4 cm³/mol. The van der Waals surface area contributed by atoms with E-state index in [1.54, 1.807) is 38.1 Å². The normalized spacial score (nSPS) is 11.4. The molecule has 0 spiro atoms. The molecule has 0 radical (unpaired) electrons. The van der Waals surface area contributed by atoms with Crippen LogP contribution in [0, 0.1) is 0 Å². The van der Waals surface area contributed by atoms with Crippen LogP contribution in [0.3, 0.4) is 0 Å². The summed E-state index contributed by atoms with van der Waals surface area (Å²) in [4.78, 5) is 12.3. The van der Waals surface area contributed by atoms with E-state index in [-0.39, 0.29) is 6.61 Å². The number of rotatable bonds is 6. The summed E-state index contributed by atoms with van der Waals surface area (Å²) in [7, 11) is 0. The molecule has 0 aliphatic rings. The highest BCUT2D eigenvalue weighted by Gasteiger charge is 2.14. The van der Waals surface area contributed by atoms with Crippen LogP contribution >= 0.6 is 11.6 Å². The summed E-state index contributed by atoms with van der Waals surface area (Å²) in [5.41, 5.74) is 5.64. The van der Waals surface area contributed by atoms with Crippen molar-refractivity contribution in [2.24, 2.45) is 0 Å². The summed E-state index contributed by atoms with van der Waals surface area (Å²) >= 11 is 5.88. The van der Waals surface area contributed by atoms with E-state index < -0.39 is 12.1 Å². The van der Waals surface area contributed by atoms with Crippen LogP contribution in [-0.2, 0) is 16.0 Å². The van der Waals surface area contributed by atoms with Crippen molar-refractivity contribution in [2.45, 2.75) is 26.4 Å². The van der Waals surface area contributed by atoms with Crippen molar-refractivity contribution < 1.29 is 14.6 Å². The number of aliphatic hydroxyl groups excluding tert-OH is 1. The first kappa shape index (κ1) is 19.0. The minimum Gasteiger partial charge on any atom is -0.462 e. The van der Waals surface area contributed by atoms with E-state index in [1.165, 1.54) is 0 Å². The van der Waals surface area contributed by atoms with Gasteiger partial charge in [0.05, 0.1) is 12.2 Å². The fourth-order valence-corrected chi connectivity index (χ4v) is 2.51. The largest absolute Gasteiger partial charge is 0.462 e. The van der Waals surface area contributed by atoms with Gasteiger partial charge in [0.25, 0.3) is 0 Å². The number of hydrogen-bond acceptors (Lipinski definition) is 3. The van der Waals surface area contributed by atoms with Gasteiger partial charge in [0.1, 0.15) is 6.10 Å². The van der Waals surface area contributed by atoms with Crippen molar-refractivity contribution in [3.05, 3.63) is 87.6 Å². The molecule has 2 rings (SSSR count). The van der Waals surface area contributed by atoms with Crippen molar-refractivity contribution in [1.82, 2.24) is 0 Å². The van der Waals surface area contributed by atoms with Crippen LogP contribution < -0.4 is 0 Å². The maximum Gasteiger partial charge on any atom is 0.342 e. The first-order valence-electron chi connectivity index (χ1n) is 8.12. The number of carbonyl (C=O) groups is 1. The molecule has 1 N–H and O–H groups in total. The van der Waals surface area contributed by atoms with Crippen molar-refractivity contribution >= 4 is 17.6 Å². The van der Waals surface area contributed by atoms with E-state index in [4.69, 9.17) is 16.3 Å². The summed E-state index contributed by atoms with van der Waals surface area (Å²) in [6.45, 7) is 3.79. The lowest BCUT2D eigenvalue weighted by Crippen LogP contribution is -2.10. The summed E-state index contributed by atoms with van der Waals surface area (Å²) < 4.78 is 5.13. The third-order valence-corrected chi connectivity index (χ3v) is 3.94. The highest BCUT2D eigenvalue weighted by atomic mass is 35.5. The van der Waals surface area contributed by atoms with E-state index in [2.05, 4.69) is 5.73 Å². The van der Waals surface area contributed by atoms with Gasteiger partial charge in [0, 0.05) is 17.0 Å². The molecule has 0 heterocycles. The van der Waals surface area contributed by atoms with Crippen LogP contribution in [0.1, 0.15) is 31.1 Å². The molecule has 3 nitrogen and oxygen atoms in total. The number of benzene rings is 2. The van der Waals surface area contributed by atoms with Gasteiger partial charge < -0.3 is 9.84 Å². The number of carbonyl (C=O) groups excluding carboxylic acids is 1. The molecule has 130 valence electrons. The fraction of sp³-hybridized carbons (Fsp3) is 0.238. The molecule has 0 saturated heterocycles. The Morgan fingerprint density at radius 3 is 2.40 bits per heavy atom. The average molecular weight is 357 g/mol. The summed E-state index contributed by atoms with van der Waals surface area (Å²) in [5, 5.41) is 11.1. The molecular formula is C21H21ClO3. The van der Waals surface area contributed by atoms with Gasteiger partial charge in [-0.1, -0.05) is 54.1 Å². The standard InChI is InChI=1S/C21H21ClO3/c1-3-25-21(24)18(14-16-7-5-4-6-8-16)13-15(2)20(23)17-9-11-19(22)12-10-17/h4-12,20,23H,3,14H2,1-2H3. The number of hydrogen-bond donors (Lipinski definition) is 1. The number of esters is 1. The summed E-state index contributed by atoms with van der Waals surface area (Å²) in [6, 6.07) is 16.5. The maximum atomic E-state index is 12.3. The molecule has 0 saturated carbocycles. The Balaban J connectivity index is 2.36. The lowest BCUT2D eigenvalue weighted by molar-refractivity contribution is -0.138. The highest BCUT2D eigenvalue weighted by molar-refractivity contribution is 6.30. The lowest BCUT2D eigenvalue weighted by Gasteiger charge is -2.11. The third-order valence-electron chi connectivity index (χ3n) is 3.69. The van der Waals surface area contributed by atoms with Gasteiger partial charge in [-0.3, -0.25) is 0 Å². The van der Waals surface area contributed by atoms with Gasteiger partial charge in [-0.05, 0) is 37.1 Å². The van der Waals surface area contributed by atoms with Crippen LogP contribution in [0.5, 0.6) is 0 Å². The van der Waals surface area contributed by atoms with Crippen LogP contribution in [0.2, 0.25) is 5.02 Å². The Bertz CT molecular complexity index is 773. The molecule has 2 aromatic rings. The number of ether oxygens (including phenoxy) is 1. The smallest absolute Gasteiger partial charge is 0.342 e. The van der Waals surface area contributed by atoms with E-state index in [0.29, 0.717) is 28.2 Å². The Morgan fingerprint density at radius 2 is 1.80 bits per heavy atom. The Hall–Kier alpha value is -2.32. The molecule has 0 fully saturated rings. The molecule has 0 aromatic heterocycles. The second-order valence-corrected chi connectivity index (χ2v) is 6.06. The van der Waals surface area contributed by atoms with Crippen molar-refractivity contribution in [1.29, 1.82) is 0 Å². The minimum atomic E-state index is -0.863. The van der Waals surface area contributed by atoms with Crippen LogP contribution in [0.4, 0.5) is 0 Å². The van der Waals surface area contributed by atoms with E-state index in [1.807, 2.05) is 30.3 Å². The highest BCUT2D eigenvalue weighted by Crippen LogP contribution is 2.23. The second kappa shape index (κ2) is 9.24. The van der Waals surface area contributed by atoms with Crippen LogP contribution in [0.25, 0.3) is 0 Å². The molecule has 1 atom stereocenters. The van der Waals surface area contributed by atoms with Gasteiger partial charge in [-0.15, -0.1) is 5.73 Å². The van der Waals surface area contributed by atoms with Gasteiger partial charge in [0.2, 0.25) is 0 Å². The molecular weight excluding hydrogens is 336 g/mol. The summed E-state index contributed by atoms with van der Waals surface area (Å²) in [6.07, 6.45) is -0.470. The predicted octanol–water partition coefficient (Wildman–Crippen LogP) is 4.65. The lowest BCUT2D eigenvalue weighted by atomic mass is 10.0. The Morgan fingerprint density at radius 1 is 1.16 bits per heavy atom. The molecule has 0 bridgehead atoms. The molecule has 2 aromatic carbocycles. The van der Waals surface area contributed by atoms with Gasteiger partial charge in [-0.25, -0.2) is 4.79 Å². The Kier molecular flexibility index (Phi) is 7.03. The first-order chi connectivity index (χ1) is 12.0. The summed E-state index contributed by atoms with van der Waals surface area (Å²) in [5.74, 6) is -0.422. The molecule has 25 heavy (non-hydrogen) atoms. The van der Waals surface area contributed by atoms with Crippen LogP contribution in [-0.4, -0.2) is 17.7 Å². The zero-order valence-electron chi connectivity index (χ0n) is 14.3. The fourth-order valence-electron chi connectivity index (χ4n) is 2.39. The van der Waals surface area contributed by atoms with E-state index >= 15 is 0 Å². The third kappa shape index (κ3) is 5.61. The van der Waals surface area contributed by atoms with E-state index in [0.717, 1.165) is 5.56 Å². The number of aliphatic hydroxyl groups is 1. The van der Waals surface area contributed by atoms with Crippen molar-refractivity contribution in [3.63, 3.8) is 0 Å². The zero-order chi connectivity index (χ0) is 18.2. The van der Waals surface area contributed by atoms with E-state index in [9.17, 15) is 9.90 Å². The zero-order valence-corrected chi connectivity index (χ0v) is 15.1. The molecule has 0 aliphatic heterocycles. The molecule has 4 heteroatoms. The Labute approximate surface area is 153 Å².